The largest absolute Gasteiger partial charge is 0.298 e. The maximum Gasteiger partial charge on any atom is 0.115 e. The van der Waals surface area contributed by atoms with Crippen LogP contribution in [0.3, 0.4) is 0 Å². The number of hydrogen-bond donors (Lipinski definition) is 1. The van der Waals surface area contributed by atoms with Crippen molar-refractivity contribution < 1.29 is 0 Å². The van der Waals surface area contributed by atoms with E-state index in [2.05, 4.69) is 31.1 Å². The van der Waals surface area contributed by atoms with E-state index in [1.807, 2.05) is 18.6 Å². The van der Waals surface area contributed by atoms with Gasteiger partial charge in [-0.05, 0) is 19.0 Å². The number of aromatic amines is 1. The van der Waals surface area contributed by atoms with E-state index in [0.29, 0.717) is 5.92 Å². The number of hydrogen-bond acceptors (Lipinski definition) is 4. The highest BCUT2D eigenvalue weighted by atomic mass is 15.2. The quantitative estimate of drug-likeness (QED) is 0.859. The van der Waals surface area contributed by atoms with E-state index in [1.54, 1.807) is 6.33 Å². The average Bonchev–Trinajstić information content (AvgIpc) is 3.00. The smallest absolute Gasteiger partial charge is 0.115 e. The first-order valence-corrected chi connectivity index (χ1v) is 5.87. The SMILES string of the molecule is c1ncc(CN2CCC(c3ccn[nH]3)C2)cn1. The molecule has 0 saturated carbocycles. The number of aromatic nitrogens is 4. The minimum Gasteiger partial charge on any atom is -0.298 e. The van der Waals surface area contributed by atoms with Gasteiger partial charge in [0.25, 0.3) is 0 Å². The first-order valence-electron chi connectivity index (χ1n) is 5.87. The van der Waals surface area contributed by atoms with Crippen molar-refractivity contribution in [1.82, 2.24) is 25.1 Å². The van der Waals surface area contributed by atoms with Gasteiger partial charge in [0.1, 0.15) is 6.33 Å². The molecule has 1 N–H and O–H groups in total. The zero-order valence-electron chi connectivity index (χ0n) is 9.58. The Balaban J connectivity index is 1.61. The summed E-state index contributed by atoms with van der Waals surface area (Å²) in [6.07, 6.45) is 8.35. The molecular formula is C12H15N5. The van der Waals surface area contributed by atoms with Crippen molar-refractivity contribution in [3.05, 3.63) is 42.2 Å². The Hall–Kier alpha value is -1.75. The zero-order chi connectivity index (χ0) is 11.5. The van der Waals surface area contributed by atoms with E-state index < -0.39 is 0 Å². The van der Waals surface area contributed by atoms with E-state index in [0.717, 1.165) is 19.6 Å². The van der Waals surface area contributed by atoms with Crippen LogP contribution in [0.15, 0.2) is 31.0 Å². The molecule has 0 spiro atoms. The molecule has 3 heterocycles. The van der Waals surface area contributed by atoms with Gasteiger partial charge in [-0.2, -0.15) is 5.10 Å². The fourth-order valence-corrected chi connectivity index (χ4v) is 2.39. The van der Waals surface area contributed by atoms with Crippen molar-refractivity contribution in [1.29, 1.82) is 0 Å². The molecule has 1 atom stereocenters. The fraction of sp³-hybridized carbons (Fsp3) is 0.417. The third-order valence-electron chi connectivity index (χ3n) is 3.25. The minimum absolute atomic E-state index is 0.585. The van der Waals surface area contributed by atoms with Gasteiger partial charge in [-0.1, -0.05) is 0 Å². The lowest BCUT2D eigenvalue weighted by Gasteiger charge is -2.14. The summed E-state index contributed by atoms with van der Waals surface area (Å²) < 4.78 is 0. The summed E-state index contributed by atoms with van der Waals surface area (Å²) in [4.78, 5) is 10.5. The van der Waals surface area contributed by atoms with Gasteiger partial charge in [-0.3, -0.25) is 10.00 Å². The first kappa shape index (κ1) is 10.4. The van der Waals surface area contributed by atoms with E-state index in [9.17, 15) is 0 Å². The van der Waals surface area contributed by atoms with Gasteiger partial charge in [0.2, 0.25) is 0 Å². The van der Waals surface area contributed by atoms with Crippen molar-refractivity contribution >= 4 is 0 Å². The van der Waals surface area contributed by atoms with Crippen LogP contribution in [-0.4, -0.2) is 38.2 Å². The molecule has 1 aliphatic rings. The van der Waals surface area contributed by atoms with Crippen LogP contribution in [-0.2, 0) is 6.54 Å². The predicted octanol–water partition coefficient (Wildman–Crippen LogP) is 1.19. The summed E-state index contributed by atoms with van der Waals surface area (Å²) in [6, 6.07) is 2.07. The molecule has 88 valence electrons. The van der Waals surface area contributed by atoms with Gasteiger partial charge in [0.05, 0.1) is 0 Å². The van der Waals surface area contributed by atoms with Crippen LogP contribution in [0.5, 0.6) is 0 Å². The Labute approximate surface area is 99.9 Å². The third-order valence-corrected chi connectivity index (χ3v) is 3.25. The van der Waals surface area contributed by atoms with E-state index in [1.165, 1.54) is 17.7 Å². The number of likely N-dealkylation sites (tertiary alicyclic amines) is 1. The molecule has 2 aromatic rings. The van der Waals surface area contributed by atoms with Crippen molar-refractivity contribution in [2.24, 2.45) is 0 Å². The van der Waals surface area contributed by atoms with Crippen LogP contribution >= 0.6 is 0 Å². The van der Waals surface area contributed by atoms with Gasteiger partial charge < -0.3 is 0 Å². The molecule has 5 heteroatoms. The number of nitrogens with zero attached hydrogens (tertiary/aromatic N) is 4. The number of nitrogens with one attached hydrogen (secondary N) is 1. The summed E-state index contributed by atoms with van der Waals surface area (Å²) in [7, 11) is 0. The number of H-pyrrole nitrogens is 1. The van der Waals surface area contributed by atoms with Gasteiger partial charge >= 0.3 is 0 Å². The highest BCUT2D eigenvalue weighted by Gasteiger charge is 2.24. The second-order valence-electron chi connectivity index (χ2n) is 4.48. The lowest BCUT2D eigenvalue weighted by molar-refractivity contribution is 0.325. The van der Waals surface area contributed by atoms with Gasteiger partial charge in [0, 0.05) is 48.9 Å². The summed E-state index contributed by atoms with van der Waals surface area (Å²) >= 11 is 0. The Morgan fingerprint density at radius 1 is 1.35 bits per heavy atom. The molecule has 3 rings (SSSR count). The Morgan fingerprint density at radius 2 is 2.24 bits per heavy atom. The Kier molecular flexibility index (Phi) is 2.83. The van der Waals surface area contributed by atoms with Crippen LogP contribution in [0, 0.1) is 0 Å². The van der Waals surface area contributed by atoms with Crippen LogP contribution in [0.4, 0.5) is 0 Å². The maximum absolute atomic E-state index is 4.04. The lowest BCUT2D eigenvalue weighted by atomic mass is 10.1. The normalized spacial score (nSPS) is 20.8. The molecule has 0 aliphatic carbocycles. The molecule has 0 aromatic carbocycles. The zero-order valence-corrected chi connectivity index (χ0v) is 9.58. The average molecular weight is 229 g/mol. The van der Waals surface area contributed by atoms with E-state index >= 15 is 0 Å². The summed E-state index contributed by atoms with van der Waals surface area (Å²) in [5.74, 6) is 0.585. The topological polar surface area (TPSA) is 57.7 Å². The van der Waals surface area contributed by atoms with E-state index in [-0.39, 0.29) is 0 Å². The Bertz CT molecular complexity index is 453. The molecule has 1 saturated heterocycles. The predicted molar refractivity (Wildman–Crippen MR) is 63.3 cm³/mol. The van der Waals surface area contributed by atoms with Gasteiger partial charge in [0.15, 0.2) is 0 Å². The molecule has 17 heavy (non-hydrogen) atoms. The van der Waals surface area contributed by atoms with Gasteiger partial charge in [-0.25, -0.2) is 9.97 Å². The molecule has 1 fully saturated rings. The van der Waals surface area contributed by atoms with Crippen molar-refractivity contribution in [3.8, 4) is 0 Å². The molecular weight excluding hydrogens is 214 g/mol. The molecule has 2 aromatic heterocycles. The molecule has 0 radical (unpaired) electrons. The first-order chi connectivity index (χ1) is 8.42. The van der Waals surface area contributed by atoms with Crippen molar-refractivity contribution in [2.75, 3.05) is 13.1 Å². The number of rotatable bonds is 3. The van der Waals surface area contributed by atoms with Crippen LogP contribution in [0.25, 0.3) is 0 Å². The molecule has 1 unspecified atom stereocenters. The second-order valence-corrected chi connectivity index (χ2v) is 4.48. The van der Waals surface area contributed by atoms with Crippen LogP contribution in [0.2, 0.25) is 0 Å². The van der Waals surface area contributed by atoms with Crippen molar-refractivity contribution in [2.45, 2.75) is 18.9 Å². The highest BCUT2D eigenvalue weighted by molar-refractivity contribution is 5.10. The lowest BCUT2D eigenvalue weighted by Crippen LogP contribution is -2.20. The van der Waals surface area contributed by atoms with Crippen LogP contribution in [0.1, 0.15) is 23.6 Å². The summed E-state index contributed by atoms with van der Waals surface area (Å²) in [6.45, 7) is 3.14. The maximum atomic E-state index is 4.04. The second kappa shape index (κ2) is 4.63. The van der Waals surface area contributed by atoms with E-state index in [4.69, 9.17) is 0 Å². The molecule has 0 bridgehead atoms. The standard InChI is InChI=1S/C12H15N5/c1-3-15-16-12(1)11-2-4-17(8-11)7-10-5-13-9-14-6-10/h1,3,5-6,9,11H,2,4,7-8H2,(H,15,16). The molecule has 0 amide bonds. The molecule has 5 nitrogen and oxygen atoms in total. The summed E-state index contributed by atoms with van der Waals surface area (Å²) in [5, 5.41) is 7.07. The highest BCUT2D eigenvalue weighted by Crippen LogP contribution is 2.26. The summed E-state index contributed by atoms with van der Waals surface area (Å²) in [5.41, 5.74) is 2.43. The Morgan fingerprint density at radius 3 is 3.00 bits per heavy atom. The molecule has 1 aliphatic heterocycles. The van der Waals surface area contributed by atoms with Crippen LogP contribution < -0.4 is 0 Å². The van der Waals surface area contributed by atoms with Crippen molar-refractivity contribution in [3.63, 3.8) is 0 Å². The fourth-order valence-electron chi connectivity index (χ4n) is 2.39. The minimum atomic E-state index is 0.585. The third kappa shape index (κ3) is 2.34. The van der Waals surface area contributed by atoms with Gasteiger partial charge in [-0.15, -0.1) is 0 Å². The monoisotopic (exact) mass is 229 g/mol.